The van der Waals surface area contributed by atoms with E-state index in [1.165, 1.54) is 0 Å². The average Bonchev–Trinajstić information content (AvgIpc) is 2.25. The average molecular weight is 242 g/mol. The van der Waals surface area contributed by atoms with Crippen molar-refractivity contribution in [3.63, 3.8) is 0 Å². The largest absolute Gasteiger partial charge is 0.492 e. The van der Waals surface area contributed by atoms with E-state index >= 15 is 0 Å². The molecule has 1 aromatic carbocycles. The molecule has 0 amide bonds. The fourth-order valence-electron chi connectivity index (χ4n) is 1.36. The molecule has 0 atom stereocenters. The Morgan fingerprint density at radius 2 is 2.00 bits per heavy atom. The molecular weight excluding hydrogens is 222 g/mol. The first-order valence-corrected chi connectivity index (χ1v) is 6.18. The highest BCUT2D eigenvalue weighted by Gasteiger charge is 1.99. The van der Waals surface area contributed by atoms with Crippen LogP contribution >= 0.6 is 11.6 Å². The molecule has 0 unspecified atom stereocenters. The second-order valence-corrected chi connectivity index (χ2v) is 4.50. The third-order valence-corrected chi connectivity index (χ3v) is 2.53. The number of ether oxygens (including phenoxy) is 1. The van der Waals surface area contributed by atoms with Crippen molar-refractivity contribution >= 4 is 11.6 Å². The lowest BCUT2D eigenvalue weighted by atomic mass is 10.3. The van der Waals surface area contributed by atoms with Gasteiger partial charge >= 0.3 is 0 Å². The van der Waals surface area contributed by atoms with Gasteiger partial charge in [-0.15, -0.1) is 0 Å². The number of hydrogen-bond acceptors (Lipinski definition) is 2. The van der Waals surface area contributed by atoms with Gasteiger partial charge in [0.25, 0.3) is 0 Å². The molecule has 0 aliphatic heterocycles. The van der Waals surface area contributed by atoms with Gasteiger partial charge in [-0.05, 0) is 31.5 Å². The van der Waals surface area contributed by atoms with Crippen LogP contribution in [-0.4, -0.2) is 19.2 Å². The predicted molar refractivity (Wildman–Crippen MR) is 69.3 cm³/mol. The summed E-state index contributed by atoms with van der Waals surface area (Å²) in [5.74, 6) is 0.779. The molecule has 0 radical (unpaired) electrons. The number of unbranched alkanes of at least 4 members (excludes halogenated alkanes) is 1. The topological polar surface area (TPSA) is 21.3 Å². The van der Waals surface area contributed by atoms with Crippen LogP contribution < -0.4 is 10.1 Å². The van der Waals surface area contributed by atoms with Gasteiger partial charge in [0, 0.05) is 6.04 Å². The molecule has 1 rings (SSSR count). The van der Waals surface area contributed by atoms with Crippen molar-refractivity contribution in [2.75, 3.05) is 13.2 Å². The van der Waals surface area contributed by atoms with E-state index < -0.39 is 0 Å². The predicted octanol–water partition coefficient (Wildman–Crippen LogP) is 3.50. The number of halogens is 1. The monoisotopic (exact) mass is 241 g/mol. The summed E-state index contributed by atoms with van der Waals surface area (Å²) < 4.78 is 5.58. The van der Waals surface area contributed by atoms with Gasteiger partial charge in [0.05, 0.1) is 11.6 Å². The van der Waals surface area contributed by atoms with E-state index in [0.717, 1.165) is 31.7 Å². The normalized spacial score (nSPS) is 10.8. The standard InChI is InChI=1S/C13H20ClNO/c1-11(2)15-9-5-6-10-16-13-8-4-3-7-12(13)14/h3-4,7-8,11,15H,5-6,9-10H2,1-2H3. The van der Waals surface area contributed by atoms with Gasteiger partial charge in [-0.1, -0.05) is 37.6 Å². The van der Waals surface area contributed by atoms with E-state index in [-0.39, 0.29) is 0 Å². The van der Waals surface area contributed by atoms with E-state index in [0.29, 0.717) is 11.1 Å². The molecule has 0 saturated heterocycles. The van der Waals surface area contributed by atoms with Gasteiger partial charge in [0.15, 0.2) is 0 Å². The SMILES string of the molecule is CC(C)NCCCCOc1ccccc1Cl. The number of benzene rings is 1. The summed E-state index contributed by atoms with van der Waals surface area (Å²) in [6.07, 6.45) is 2.17. The number of nitrogens with one attached hydrogen (secondary N) is 1. The first kappa shape index (κ1) is 13.3. The first-order chi connectivity index (χ1) is 7.70. The maximum atomic E-state index is 5.97. The Hall–Kier alpha value is -0.730. The second-order valence-electron chi connectivity index (χ2n) is 4.09. The highest BCUT2D eigenvalue weighted by Crippen LogP contribution is 2.23. The van der Waals surface area contributed by atoms with E-state index in [2.05, 4.69) is 19.2 Å². The highest BCUT2D eigenvalue weighted by molar-refractivity contribution is 6.32. The molecule has 0 heterocycles. The van der Waals surface area contributed by atoms with Crippen molar-refractivity contribution in [1.29, 1.82) is 0 Å². The van der Waals surface area contributed by atoms with Crippen LogP contribution in [0.15, 0.2) is 24.3 Å². The van der Waals surface area contributed by atoms with Crippen molar-refractivity contribution in [2.45, 2.75) is 32.7 Å². The molecule has 0 aliphatic carbocycles. The summed E-state index contributed by atoms with van der Waals surface area (Å²) in [6, 6.07) is 8.14. The quantitative estimate of drug-likeness (QED) is 0.738. The summed E-state index contributed by atoms with van der Waals surface area (Å²) in [5, 5.41) is 4.06. The van der Waals surface area contributed by atoms with Gasteiger partial charge < -0.3 is 10.1 Å². The van der Waals surface area contributed by atoms with Crippen molar-refractivity contribution in [1.82, 2.24) is 5.32 Å². The van der Waals surface area contributed by atoms with Crippen molar-refractivity contribution in [3.8, 4) is 5.75 Å². The zero-order valence-electron chi connectivity index (χ0n) is 10.0. The van der Waals surface area contributed by atoms with E-state index in [9.17, 15) is 0 Å². The lowest BCUT2D eigenvalue weighted by Gasteiger charge is -2.09. The van der Waals surface area contributed by atoms with E-state index in [1.807, 2.05) is 24.3 Å². The van der Waals surface area contributed by atoms with Crippen molar-refractivity contribution < 1.29 is 4.74 Å². The third-order valence-electron chi connectivity index (χ3n) is 2.22. The van der Waals surface area contributed by atoms with Crippen LogP contribution in [0.4, 0.5) is 0 Å². The van der Waals surface area contributed by atoms with Crippen LogP contribution in [0.1, 0.15) is 26.7 Å². The molecule has 1 aromatic rings. The fraction of sp³-hybridized carbons (Fsp3) is 0.538. The van der Waals surface area contributed by atoms with Crippen LogP contribution in [0.2, 0.25) is 5.02 Å². The highest BCUT2D eigenvalue weighted by atomic mass is 35.5. The maximum Gasteiger partial charge on any atom is 0.137 e. The smallest absolute Gasteiger partial charge is 0.137 e. The molecule has 0 saturated carbocycles. The van der Waals surface area contributed by atoms with Gasteiger partial charge in [-0.3, -0.25) is 0 Å². The molecule has 90 valence electrons. The summed E-state index contributed by atoms with van der Waals surface area (Å²) in [5.41, 5.74) is 0. The Balaban J connectivity index is 2.10. The van der Waals surface area contributed by atoms with Crippen LogP contribution in [0.3, 0.4) is 0 Å². The second kappa shape index (κ2) is 7.53. The van der Waals surface area contributed by atoms with Gasteiger partial charge in [0.1, 0.15) is 5.75 Å². The van der Waals surface area contributed by atoms with Gasteiger partial charge in [-0.25, -0.2) is 0 Å². The lowest BCUT2D eigenvalue weighted by Crippen LogP contribution is -2.23. The molecule has 1 N–H and O–H groups in total. The first-order valence-electron chi connectivity index (χ1n) is 5.81. The molecule has 0 spiro atoms. The summed E-state index contributed by atoms with van der Waals surface area (Å²) in [6.45, 7) is 6.08. The lowest BCUT2D eigenvalue weighted by molar-refractivity contribution is 0.305. The number of para-hydroxylation sites is 1. The molecule has 16 heavy (non-hydrogen) atoms. The summed E-state index contributed by atoms with van der Waals surface area (Å²) >= 11 is 5.97. The number of rotatable bonds is 7. The maximum absolute atomic E-state index is 5.97. The molecule has 3 heteroatoms. The minimum absolute atomic E-state index is 0.560. The molecule has 0 bridgehead atoms. The Labute approximate surface area is 103 Å². The van der Waals surface area contributed by atoms with Crippen LogP contribution in [-0.2, 0) is 0 Å². The number of hydrogen-bond donors (Lipinski definition) is 1. The zero-order valence-corrected chi connectivity index (χ0v) is 10.8. The zero-order chi connectivity index (χ0) is 11.8. The minimum atomic E-state index is 0.560. The van der Waals surface area contributed by atoms with Crippen molar-refractivity contribution in [3.05, 3.63) is 29.3 Å². The van der Waals surface area contributed by atoms with Crippen LogP contribution in [0.25, 0.3) is 0 Å². The van der Waals surface area contributed by atoms with E-state index in [1.54, 1.807) is 0 Å². The minimum Gasteiger partial charge on any atom is -0.492 e. The molecule has 0 aromatic heterocycles. The van der Waals surface area contributed by atoms with Gasteiger partial charge in [0.2, 0.25) is 0 Å². The Morgan fingerprint density at radius 3 is 2.69 bits per heavy atom. The molecule has 0 fully saturated rings. The van der Waals surface area contributed by atoms with E-state index in [4.69, 9.17) is 16.3 Å². The summed E-state index contributed by atoms with van der Waals surface area (Å²) in [7, 11) is 0. The van der Waals surface area contributed by atoms with Gasteiger partial charge in [-0.2, -0.15) is 0 Å². The Morgan fingerprint density at radius 1 is 1.25 bits per heavy atom. The van der Waals surface area contributed by atoms with Crippen molar-refractivity contribution in [2.24, 2.45) is 0 Å². The van der Waals surface area contributed by atoms with Crippen LogP contribution in [0, 0.1) is 0 Å². The Kier molecular flexibility index (Phi) is 6.27. The molecular formula is C13H20ClNO. The fourth-order valence-corrected chi connectivity index (χ4v) is 1.55. The third kappa shape index (κ3) is 5.38. The molecule has 0 aliphatic rings. The molecule has 2 nitrogen and oxygen atoms in total. The summed E-state index contributed by atoms with van der Waals surface area (Å²) in [4.78, 5) is 0. The Bertz CT molecular complexity index is 302. The van der Waals surface area contributed by atoms with Crippen LogP contribution in [0.5, 0.6) is 5.75 Å².